The lowest BCUT2D eigenvalue weighted by Gasteiger charge is -2.33. The number of carbonyl (C=O) groups is 2. The van der Waals surface area contributed by atoms with Crippen LogP contribution in [0.15, 0.2) is 24.3 Å². The van der Waals surface area contributed by atoms with Crippen molar-refractivity contribution in [3.8, 4) is 0 Å². The number of nitrogens with zero attached hydrogens (tertiary/aromatic N) is 4. The maximum Gasteiger partial charge on any atom is 0.232 e. The van der Waals surface area contributed by atoms with Gasteiger partial charge in [-0.05, 0) is 24.3 Å². The SMILES string of the molecule is CN(C)c1ccc(N(CCC(=O)N2CCN(C=O)CC2)S(C)(=O)=O)cc1. The lowest BCUT2D eigenvalue weighted by molar-refractivity contribution is -0.134. The highest BCUT2D eigenvalue weighted by molar-refractivity contribution is 7.92. The average Bonchev–Trinajstić information content (AvgIpc) is 2.61. The third-order valence-corrected chi connectivity index (χ3v) is 5.59. The molecule has 1 aromatic carbocycles. The van der Waals surface area contributed by atoms with Gasteiger partial charge in [-0.15, -0.1) is 0 Å². The molecule has 0 spiro atoms. The van der Waals surface area contributed by atoms with Crippen LogP contribution >= 0.6 is 0 Å². The van der Waals surface area contributed by atoms with E-state index in [0.717, 1.165) is 18.4 Å². The first kappa shape index (κ1) is 20.0. The number of piperazine rings is 1. The lowest BCUT2D eigenvalue weighted by Crippen LogP contribution is -2.48. The first-order valence-corrected chi connectivity index (χ1v) is 10.3. The van der Waals surface area contributed by atoms with Crippen molar-refractivity contribution in [1.82, 2.24) is 9.80 Å². The maximum atomic E-state index is 12.4. The minimum Gasteiger partial charge on any atom is -0.378 e. The number of rotatable bonds is 7. The zero-order chi connectivity index (χ0) is 19.3. The Kier molecular flexibility index (Phi) is 6.47. The number of anilines is 2. The summed E-state index contributed by atoms with van der Waals surface area (Å²) in [5.74, 6) is -0.103. The van der Waals surface area contributed by atoms with E-state index in [0.29, 0.717) is 31.9 Å². The monoisotopic (exact) mass is 382 g/mol. The smallest absolute Gasteiger partial charge is 0.232 e. The van der Waals surface area contributed by atoms with Gasteiger partial charge in [0.2, 0.25) is 22.3 Å². The third-order valence-electron chi connectivity index (χ3n) is 4.40. The van der Waals surface area contributed by atoms with E-state index < -0.39 is 10.0 Å². The van der Waals surface area contributed by atoms with Gasteiger partial charge in [0.1, 0.15) is 0 Å². The summed E-state index contributed by atoms with van der Waals surface area (Å²) in [5, 5.41) is 0. The summed E-state index contributed by atoms with van der Waals surface area (Å²) >= 11 is 0. The molecular formula is C17H26N4O4S. The molecule has 8 nitrogen and oxygen atoms in total. The van der Waals surface area contributed by atoms with Crippen molar-refractivity contribution in [3.05, 3.63) is 24.3 Å². The largest absolute Gasteiger partial charge is 0.378 e. The van der Waals surface area contributed by atoms with Gasteiger partial charge < -0.3 is 14.7 Å². The number of hydrogen-bond donors (Lipinski definition) is 0. The Morgan fingerprint density at radius 2 is 1.62 bits per heavy atom. The molecule has 2 rings (SSSR count). The summed E-state index contributed by atoms with van der Waals surface area (Å²) in [6.45, 7) is 2.07. The molecule has 2 amide bonds. The molecular weight excluding hydrogens is 356 g/mol. The van der Waals surface area contributed by atoms with E-state index in [-0.39, 0.29) is 18.9 Å². The number of amides is 2. The van der Waals surface area contributed by atoms with Gasteiger partial charge in [-0.25, -0.2) is 8.42 Å². The molecule has 1 aromatic rings. The molecule has 1 aliphatic heterocycles. The number of carbonyl (C=O) groups excluding carboxylic acids is 2. The molecule has 1 saturated heterocycles. The summed E-state index contributed by atoms with van der Waals surface area (Å²) in [5.41, 5.74) is 1.50. The molecule has 0 bridgehead atoms. The van der Waals surface area contributed by atoms with Crippen molar-refractivity contribution in [2.24, 2.45) is 0 Å². The van der Waals surface area contributed by atoms with Gasteiger partial charge in [-0.2, -0.15) is 0 Å². The molecule has 0 aromatic heterocycles. The van der Waals surface area contributed by atoms with Crippen LogP contribution in [0.5, 0.6) is 0 Å². The van der Waals surface area contributed by atoms with E-state index in [9.17, 15) is 18.0 Å². The third kappa shape index (κ3) is 5.10. The van der Waals surface area contributed by atoms with Gasteiger partial charge in [0.25, 0.3) is 0 Å². The van der Waals surface area contributed by atoms with Crippen LogP contribution in [0, 0.1) is 0 Å². The van der Waals surface area contributed by atoms with E-state index in [1.807, 2.05) is 31.1 Å². The molecule has 0 unspecified atom stereocenters. The lowest BCUT2D eigenvalue weighted by atomic mass is 10.2. The van der Waals surface area contributed by atoms with Gasteiger partial charge in [0, 0.05) is 58.9 Å². The molecule has 9 heteroatoms. The Morgan fingerprint density at radius 1 is 1.08 bits per heavy atom. The zero-order valence-electron chi connectivity index (χ0n) is 15.5. The quantitative estimate of drug-likeness (QED) is 0.630. The predicted octanol–water partition coefficient (Wildman–Crippen LogP) is 0.209. The molecule has 1 heterocycles. The van der Waals surface area contributed by atoms with Gasteiger partial charge in [0.05, 0.1) is 11.9 Å². The first-order valence-electron chi connectivity index (χ1n) is 8.44. The second kappa shape index (κ2) is 8.39. The summed E-state index contributed by atoms with van der Waals surface area (Å²) in [6.07, 6.45) is 2.02. The molecule has 1 fully saturated rings. The standard InChI is InChI=1S/C17H26N4O4S/c1-18(2)15-4-6-16(7-5-15)21(26(3,24)25)9-8-17(23)20-12-10-19(14-22)11-13-20/h4-7,14H,8-13H2,1-3H3. The van der Waals surface area contributed by atoms with Crippen LogP contribution in [0.4, 0.5) is 11.4 Å². The second-order valence-electron chi connectivity index (χ2n) is 6.52. The highest BCUT2D eigenvalue weighted by atomic mass is 32.2. The Hall–Kier alpha value is -2.29. The fourth-order valence-electron chi connectivity index (χ4n) is 2.84. The first-order chi connectivity index (χ1) is 12.2. The van der Waals surface area contributed by atoms with Crippen molar-refractivity contribution in [3.63, 3.8) is 0 Å². The molecule has 1 aliphatic rings. The average molecular weight is 382 g/mol. The predicted molar refractivity (Wildman–Crippen MR) is 102 cm³/mol. The van der Waals surface area contributed by atoms with Crippen LogP contribution in [-0.2, 0) is 19.6 Å². The Bertz CT molecular complexity index is 726. The van der Waals surface area contributed by atoms with Crippen LogP contribution in [0.25, 0.3) is 0 Å². The van der Waals surface area contributed by atoms with Crippen LogP contribution < -0.4 is 9.21 Å². The Balaban J connectivity index is 2.02. The minimum atomic E-state index is -3.50. The second-order valence-corrected chi connectivity index (χ2v) is 8.42. The highest BCUT2D eigenvalue weighted by Crippen LogP contribution is 2.22. The molecule has 0 atom stereocenters. The van der Waals surface area contributed by atoms with E-state index in [1.165, 1.54) is 4.31 Å². The van der Waals surface area contributed by atoms with Crippen LogP contribution in [0.2, 0.25) is 0 Å². The normalized spacial score (nSPS) is 14.9. The topological polar surface area (TPSA) is 81.2 Å². The molecule has 0 N–H and O–H groups in total. The van der Waals surface area contributed by atoms with Crippen LogP contribution in [-0.4, -0.2) is 83.6 Å². The summed E-state index contributed by atoms with van der Waals surface area (Å²) < 4.78 is 25.6. The van der Waals surface area contributed by atoms with Crippen molar-refractivity contribution in [1.29, 1.82) is 0 Å². The Morgan fingerprint density at radius 3 is 2.08 bits per heavy atom. The summed E-state index contributed by atoms with van der Waals surface area (Å²) in [7, 11) is 0.322. The maximum absolute atomic E-state index is 12.4. The number of sulfonamides is 1. The van der Waals surface area contributed by atoms with Crippen LogP contribution in [0.3, 0.4) is 0 Å². The fraction of sp³-hybridized carbons (Fsp3) is 0.529. The summed E-state index contributed by atoms with van der Waals surface area (Å²) in [6, 6.07) is 7.16. The summed E-state index contributed by atoms with van der Waals surface area (Å²) in [4.78, 5) is 28.3. The zero-order valence-corrected chi connectivity index (χ0v) is 16.3. The van der Waals surface area contributed by atoms with Gasteiger partial charge in [-0.1, -0.05) is 0 Å². The Labute approximate surface area is 155 Å². The molecule has 26 heavy (non-hydrogen) atoms. The van der Waals surface area contributed by atoms with Crippen molar-refractivity contribution in [2.45, 2.75) is 6.42 Å². The molecule has 0 saturated carbocycles. The van der Waals surface area contributed by atoms with Crippen molar-refractivity contribution < 1.29 is 18.0 Å². The van der Waals surface area contributed by atoms with E-state index in [2.05, 4.69) is 0 Å². The number of benzene rings is 1. The van der Waals surface area contributed by atoms with Gasteiger partial charge in [0.15, 0.2) is 0 Å². The molecule has 0 radical (unpaired) electrons. The fourth-order valence-corrected chi connectivity index (χ4v) is 3.76. The van der Waals surface area contributed by atoms with Gasteiger partial charge >= 0.3 is 0 Å². The highest BCUT2D eigenvalue weighted by Gasteiger charge is 2.23. The van der Waals surface area contributed by atoms with E-state index in [1.54, 1.807) is 21.9 Å². The minimum absolute atomic E-state index is 0.0902. The molecule has 0 aliphatic carbocycles. The van der Waals surface area contributed by atoms with Crippen LogP contribution in [0.1, 0.15) is 6.42 Å². The van der Waals surface area contributed by atoms with Gasteiger partial charge in [-0.3, -0.25) is 13.9 Å². The van der Waals surface area contributed by atoms with E-state index in [4.69, 9.17) is 0 Å². The number of hydrogen-bond acceptors (Lipinski definition) is 5. The van der Waals surface area contributed by atoms with Crippen molar-refractivity contribution >= 4 is 33.7 Å². The van der Waals surface area contributed by atoms with Crippen molar-refractivity contribution in [2.75, 3.05) is 62.3 Å². The molecule has 144 valence electrons. The van der Waals surface area contributed by atoms with E-state index >= 15 is 0 Å².